The summed E-state index contributed by atoms with van der Waals surface area (Å²) in [5.74, 6) is -1.19. The van der Waals surface area contributed by atoms with Gasteiger partial charge in [-0.05, 0) is 62.7 Å². The van der Waals surface area contributed by atoms with Crippen molar-refractivity contribution in [3.8, 4) is 0 Å². The highest BCUT2D eigenvalue weighted by Gasteiger charge is 2.51. The Kier molecular flexibility index (Phi) is 5.92. The molecule has 150 valence electrons. The van der Waals surface area contributed by atoms with Gasteiger partial charge in [0.05, 0.1) is 17.3 Å². The third kappa shape index (κ3) is 3.61. The molecule has 3 rings (SSSR count). The van der Waals surface area contributed by atoms with Crippen LogP contribution in [-0.2, 0) is 11.2 Å². The largest absolute Gasteiger partial charge is 0.304 e. The molecular weight excluding hydrogens is 409 g/mol. The zero-order chi connectivity index (χ0) is 21.3. The van der Waals surface area contributed by atoms with E-state index in [0.29, 0.717) is 0 Å². The van der Waals surface area contributed by atoms with Gasteiger partial charge in [-0.15, -0.1) is 0 Å². The second kappa shape index (κ2) is 8.10. The molecule has 0 aromatic heterocycles. The number of amides is 1. The maximum Gasteiger partial charge on any atom is 0.259 e. The molecule has 1 aliphatic heterocycles. The zero-order valence-corrected chi connectivity index (χ0v) is 18.1. The van der Waals surface area contributed by atoms with Crippen LogP contribution < -0.4 is 9.80 Å². The number of thiocarbonyl (C=S) groups is 1. The number of nitrogens with zero attached hydrogens (tertiary/aromatic N) is 3. The van der Waals surface area contributed by atoms with E-state index in [4.69, 9.17) is 30.4 Å². The van der Waals surface area contributed by atoms with E-state index in [1.165, 1.54) is 17.7 Å². The van der Waals surface area contributed by atoms with Crippen molar-refractivity contribution >= 4 is 51.9 Å². The molecule has 0 radical (unpaired) electrons. The fraction of sp³-hybridized carbons (Fsp3) is 0.318. The van der Waals surface area contributed by atoms with Gasteiger partial charge in [0.25, 0.3) is 5.91 Å². The van der Waals surface area contributed by atoms with Gasteiger partial charge in [0.15, 0.2) is 10.9 Å². The Morgan fingerprint density at radius 2 is 1.86 bits per heavy atom. The molecule has 7 heteroatoms. The standard InChI is InChI=1S/C22H21ClFN3OS/c1-5-6-7-14-8-10-15(11-9-14)27-21(29)26(20(28)22(27,2)3)17-13-12-16(25-4)18(23)19(17)24/h8-13H,5-7H2,1-3H3. The Morgan fingerprint density at radius 3 is 2.45 bits per heavy atom. The number of carbonyl (C=O) groups is 1. The van der Waals surface area contributed by atoms with Crippen LogP contribution in [0.4, 0.5) is 21.5 Å². The first-order chi connectivity index (χ1) is 13.7. The molecule has 0 bridgehead atoms. The van der Waals surface area contributed by atoms with Crippen molar-refractivity contribution in [3.63, 3.8) is 0 Å². The number of carbonyl (C=O) groups excluding carboxylic acids is 1. The number of benzene rings is 2. The molecule has 1 amide bonds. The summed E-state index contributed by atoms with van der Waals surface area (Å²) in [6.45, 7) is 12.7. The summed E-state index contributed by atoms with van der Waals surface area (Å²) in [6.07, 6.45) is 3.22. The molecule has 2 aromatic rings. The van der Waals surface area contributed by atoms with Gasteiger partial charge < -0.3 is 4.90 Å². The molecule has 2 aromatic carbocycles. The minimum absolute atomic E-state index is 0.00994. The Morgan fingerprint density at radius 1 is 1.21 bits per heavy atom. The molecule has 4 nitrogen and oxygen atoms in total. The molecule has 1 fully saturated rings. The van der Waals surface area contributed by atoms with Crippen LogP contribution in [0.2, 0.25) is 5.02 Å². The minimum atomic E-state index is -1.00. The topological polar surface area (TPSA) is 27.9 Å². The van der Waals surface area contributed by atoms with E-state index in [0.717, 1.165) is 29.8 Å². The molecule has 0 atom stereocenters. The summed E-state index contributed by atoms with van der Waals surface area (Å²) >= 11 is 11.6. The van der Waals surface area contributed by atoms with Gasteiger partial charge >= 0.3 is 0 Å². The molecule has 0 aliphatic carbocycles. The molecule has 1 saturated heterocycles. The lowest BCUT2D eigenvalue weighted by Gasteiger charge is -2.29. The van der Waals surface area contributed by atoms with Gasteiger partial charge in [0, 0.05) is 5.69 Å². The second-order valence-electron chi connectivity index (χ2n) is 7.43. The molecule has 1 heterocycles. The van der Waals surface area contributed by atoms with Crippen molar-refractivity contribution in [3.05, 3.63) is 64.2 Å². The Bertz CT molecular complexity index is 1010. The van der Waals surface area contributed by atoms with Crippen LogP contribution in [0, 0.1) is 12.4 Å². The van der Waals surface area contributed by atoms with E-state index in [2.05, 4.69) is 11.8 Å². The van der Waals surface area contributed by atoms with Crippen molar-refractivity contribution in [1.82, 2.24) is 0 Å². The monoisotopic (exact) mass is 429 g/mol. The van der Waals surface area contributed by atoms with Crippen LogP contribution in [0.25, 0.3) is 4.85 Å². The van der Waals surface area contributed by atoms with Gasteiger partial charge in [-0.3, -0.25) is 9.69 Å². The quantitative estimate of drug-likeness (QED) is 0.413. The number of unbranched alkanes of at least 4 members (excludes halogenated alkanes) is 1. The lowest BCUT2D eigenvalue weighted by molar-refractivity contribution is -0.120. The molecule has 0 saturated carbocycles. The van der Waals surface area contributed by atoms with Gasteiger partial charge in [0.2, 0.25) is 5.69 Å². The van der Waals surface area contributed by atoms with Gasteiger partial charge in [-0.25, -0.2) is 9.24 Å². The number of anilines is 2. The predicted molar refractivity (Wildman–Crippen MR) is 119 cm³/mol. The number of halogens is 2. The van der Waals surface area contributed by atoms with Crippen molar-refractivity contribution in [1.29, 1.82) is 0 Å². The van der Waals surface area contributed by atoms with Gasteiger partial charge in [-0.1, -0.05) is 43.1 Å². The van der Waals surface area contributed by atoms with E-state index >= 15 is 0 Å². The molecule has 1 aliphatic rings. The normalized spacial score (nSPS) is 15.7. The molecule has 29 heavy (non-hydrogen) atoms. The molecule has 0 N–H and O–H groups in total. The van der Waals surface area contributed by atoms with Crippen molar-refractivity contribution in [2.45, 2.75) is 45.6 Å². The summed E-state index contributed by atoms with van der Waals surface area (Å²) in [5.41, 5.74) is 0.922. The van der Waals surface area contributed by atoms with Gasteiger partial charge in [-0.2, -0.15) is 0 Å². The fourth-order valence-corrected chi connectivity index (χ4v) is 4.14. The predicted octanol–water partition coefficient (Wildman–Crippen LogP) is 6.29. The summed E-state index contributed by atoms with van der Waals surface area (Å²) in [5, 5.41) is -0.142. The highest BCUT2D eigenvalue weighted by atomic mass is 35.5. The number of hydrogen-bond donors (Lipinski definition) is 0. The Labute approximate surface area is 180 Å². The van der Waals surface area contributed by atoms with Crippen LogP contribution in [-0.4, -0.2) is 16.6 Å². The first-order valence-corrected chi connectivity index (χ1v) is 10.2. The maximum atomic E-state index is 14.9. The third-order valence-corrected chi connectivity index (χ3v) is 5.81. The number of hydrogen-bond acceptors (Lipinski definition) is 2. The highest BCUT2D eigenvalue weighted by Crippen LogP contribution is 2.40. The van der Waals surface area contributed by atoms with Crippen LogP contribution in [0.5, 0.6) is 0 Å². The summed E-state index contributed by atoms with van der Waals surface area (Å²) in [6, 6.07) is 10.7. The van der Waals surface area contributed by atoms with E-state index in [1.54, 1.807) is 18.7 Å². The average Bonchev–Trinajstić information content (AvgIpc) is 2.87. The van der Waals surface area contributed by atoms with Crippen LogP contribution in [0.1, 0.15) is 39.2 Å². The van der Waals surface area contributed by atoms with Crippen LogP contribution >= 0.6 is 23.8 Å². The smallest absolute Gasteiger partial charge is 0.259 e. The van der Waals surface area contributed by atoms with E-state index < -0.39 is 11.4 Å². The van der Waals surface area contributed by atoms with Crippen LogP contribution in [0.3, 0.4) is 0 Å². The Hall–Kier alpha value is -2.49. The fourth-order valence-electron chi connectivity index (χ4n) is 3.42. The van der Waals surface area contributed by atoms with Gasteiger partial charge in [0.1, 0.15) is 5.54 Å². The van der Waals surface area contributed by atoms with Crippen molar-refractivity contribution in [2.24, 2.45) is 0 Å². The third-order valence-electron chi connectivity index (χ3n) is 5.08. The highest BCUT2D eigenvalue weighted by molar-refractivity contribution is 7.81. The summed E-state index contributed by atoms with van der Waals surface area (Å²) in [7, 11) is 0. The molecule has 0 spiro atoms. The lowest BCUT2D eigenvalue weighted by atomic mass is 10.0. The SMILES string of the molecule is [C-]#[N+]c1ccc(N2C(=O)C(C)(C)N(c3ccc(CCCC)cc3)C2=S)c(F)c1Cl. The number of aryl methyl sites for hydroxylation is 1. The van der Waals surface area contributed by atoms with E-state index in [9.17, 15) is 9.18 Å². The summed E-state index contributed by atoms with van der Waals surface area (Å²) in [4.78, 5) is 19.3. The van der Waals surface area contributed by atoms with Crippen molar-refractivity contribution in [2.75, 3.05) is 9.80 Å². The number of rotatable bonds is 5. The van der Waals surface area contributed by atoms with E-state index in [-0.39, 0.29) is 27.4 Å². The zero-order valence-electron chi connectivity index (χ0n) is 16.5. The summed E-state index contributed by atoms with van der Waals surface area (Å²) < 4.78 is 14.9. The van der Waals surface area contributed by atoms with Crippen LogP contribution in [0.15, 0.2) is 36.4 Å². The Balaban J connectivity index is 2.01. The lowest BCUT2D eigenvalue weighted by Crippen LogP contribution is -2.44. The molecule has 0 unspecified atom stereocenters. The second-order valence-corrected chi connectivity index (χ2v) is 8.17. The van der Waals surface area contributed by atoms with E-state index in [1.807, 2.05) is 24.3 Å². The van der Waals surface area contributed by atoms with Crippen molar-refractivity contribution < 1.29 is 9.18 Å². The minimum Gasteiger partial charge on any atom is -0.304 e. The average molecular weight is 430 g/mol. The first kappa shape index (κ1) is 21.2. The first-order valence-electron chi connectivity index (χ1n) is 9.37. The maximum absolute atomic E-state index is 14.9. The molecular formula is C22H21ClFN3OS.